The Morgan fingerprint density at radius 3 is 2.57 bits per heavy atom. The van der Waals surface area contributed by atoms with Crippen molar-refractivity contribution in [2.45, 2.75) is 32.6 Å². The van der Waals surface area contributed by atoms with Crippen molar-refractivity contribution in [1.29, 1.82) is 0 Å². The van der Waals surface area contributed by atoms with E-state index < -0.39 is 0 Å². The Bertz CT molecular complexity index is 643. The molecule has 2 aromatic carbocycles. The molecule has 0 radical (unpaired) electrons. The smallest absolute Gasteiger partial charge is 0.259 e. The van der Waals surface area contributed by atoms with Gasteiger partial charge in [0.2, 0.25) is 0 Å². The zero-order chi connectivity index (χ0) is 16.5. The maximum absolute atomic E-state index is 12.5. The van der Waals surface area contributed by atoms with Crippen LogP contribution in [0, 0.1) is 0 Å². The van der Waals surface area contributed by atoms with E-state index in [4.69, 9.17) is 16.3 Å². The summed E-state index contributed by atoms with van der Waals surface area (Å²) in [6.45, 7) is 2.80. The topological polar surface area (TPSA) is 38.3 Å². The van der Waals surface area contributed by atoms with E-state index in [-0.39, 0.29) is 5.91 Å². The molecule has 3 nitrogen and oxygen atoms in total. The highest BCUT2D eigenvalue weighted by Crippen LogP contribution is 2.24. The Labute approximate surface area is 142 Å². The van der Waals surface area contributed by atoms with E-state index in [1.165, 1.54) is 12.8 Å². The van der Waals surface area contributed by atoms with Crippen LogP contribution in [-0.2, 0) is 0 Å². The third-order valence-electron chi connectivity index (χ3n) is 3.51. The van der Waals surface area contributed by atoms with Crippen molar-refractivity contribution in [3.63, 3.8) is 0 Å². The van der Waals surface area contributed by atoms with Crippen LogP contribution in [0.15, 0.2) is 48.5 Å². The number of ether oxygens (including phenoxy) is 1. The Hall–Kier alpha value is -2.00. The van der Waals surface area contributed by atoms with E-state index in [1.807, 2.05) is 30.3 Å². The van der Waals surface area contributed by atoms with E-state index in [0.717, 1.165) is 12.8 Å². The van der Waals surface area contributed by atoms with Crippen molar-refractivity contribution in [2.75, 3.05) is 11.9 Å². The molecule has 4 heteroatoms. The summed E-state index contributed by atoms with van der Waals surface area (Å²) in [5, 5.41) is 3.34. The maximum Gasteiger partial charge on any atom is 0.259 e. The number of benzene rings is 2. The zero-order valence-corrected chi connectivity index (χ0v) is 14.1. The van der Waals surface area contributed by atoms with Gasteiger partial charge < -0.3 is 10.1 Å². The van der Waals surface area contributed by atoms with Crippen LogP contribution in [0.4, 0.5) is 5.69 Å². The van der Waals surface area contributed by atoms with Gasteiger partial charge in [0.15, 0.2) is 0 Å². The van der Waals surface area contributed by atoms with Gasteiger partial charge in [-0.2, -0.15) is 0 Å². The van der Waals surface area contributed by atoms with Gasteiger partial charge >= 0.3 is 0 Å². The number of amides is 1. The predicted molar refractivity (Wildman–Crippen MR) is 95.5 cm³/mol. The second-order valence-corrected chi connectivity index (χ2v) is 5.75. The number of para-hydroxylation sites is 2. The molecule has 0 aromatic heterocycles. The monoisotopic (exact) mass is 331 g/mol. The summed E-state index contributed by atoms with van der Waals surface area (Å²) in [5.41, 5.74) is 1.11. The van der Waals surface area contributed by atoms with Crippen LogP contribution in [-0.4, -0.2) is 12.5 Å². The van der Waals surface area contributed by atoms with Gasteiger partial charge in [0.25, 0.3) is 5.91 Å². The summed E-state index contributed by atoms with van der Waals surface area (Å²) in [7, 11) is 0. The molecular weight excluding hydrogens is 310 g/mol. The van der Waals surface area contributed by atoms with Gasteiger partial charge in [-0.3, -0.25) is 4.79 Å². The van der Waals surface area contributed by atoms with Crippen LogP contribution in [0.5, 0.6) is 5.75 Å². The third-order valence-corrected chi connectivity index (χ3v) is 3.84. The van der Waals surface area contributed by atoms with Crippen molar-refractivity contribution in [3.05, 3.63) is 59.1 Å². The van der Waals surface area contributed by atoms with Gasteiger partial charge in [-0.1, -0.05) is 62.1 Å². The SMILES string of the molecule is CCCCCCOc1ccccc1C(=O)Nc1ccccc1Cl. The number of rotatable bonds is 8. The maximum atomic E-state index is 12.5. The molecule has 1 N–H and O–H groups in total. The summed E-state index contributed by atoms with van der Waals surface area (Å²) in [6.07, 6.45) is 4.54. The lowest BCUT2D eigenvalue weighted by molar-refractivity contribution is 0.102. The fraction of sp³-hybridized carbons (Fsp3) is 0.316. The Kier molecular flexibility index (Phi) is 6.95. The van der Waals surface area contributed by atoms with E-state index in [0.29, 0.717) is 28.6 Å². The van der Waals surface area contributed by atoms with Crippen molar-refractivity contribution < 1.29 is 9.53 Å². The molecule has 0 atom stereocenters. The molecule has 0 aliphatic rings. The van der Waals surface area contributed by atoms with Crippen molar-refractivity contribution in [2.24, 2.45) is 0 Å². The lowest BCUT2D eigenvalue weighted by atomic mass is 10.1. The van der Waals surface area contributed by atoms with Crippen molar-refractivity contribution in [3.8, 4) is 5.75 Å². The second kappa shape index (κ2) is 9.21. The lowest BCUT2D eigenvalue weighted by Gasteiger charge is -2.12. The normalized spacial score (nSPS) is 10.3. The number of carbonyl (C=O) groups is 1. The molecule has 2 rings (SSSR count). The molecule has 23 heavy (non-hydrogen) atoms. The minimum Gasteiger partial charge on any atom is -0.493 e. The Balaban J connectivity index is 2.01. The minimum absolute atomic E-state index is 0.220. The molecule has 0 saturated carbocycles. The number of carbonyl (C=O) groups excluding carboxylic acids is 1. The fourth-order valence-electron chi connectivity index (χ4n) is 2.24. The molecular formula is C19H22ClNO2. The van der Waals surface area contributed by atoms with Crippen molar-refractivity contribution >= 4 is 23.2 Å². The molecule has 1 amide bonds. The molecule has 2 aromatic rings. The van der Waals surface area contributed by atoms with Crippen LogP contribution in [0.3, 0.4) is 0 Å². The van der Waals surface area contributed by atoms with Gasteiger partial charge in [-0.25, -0.2) is 0 Å². The van der Waals surface area contributed by atoms with Crippen LogP contribution < -0.4 is 10.1 Å². The highest BCUT2D eigenvalue weighted by molar-refractivity contribution is 6.33. The van der Waals surface area contributed by atoms with Gasteiger partial charge in [0.1, 0.15) is 5.75 Å². The first-order chi connectivity index (χ1) is 11.2. The first-order valence-corrected chi connectivity index (χ1v) is 8.38. The zero-order valence-electron chi connectivity index (χ0n) is 13.3. The number of anilines is 1. The van der Waals surface area contributed by atoms with Crippen LogP contribution in [0.1, 0.15) is 43.0 Å². The number of hydrogen-bond acceptors (Lipinski definition) is 2. The molecule has 122 valence electrons. The standard InChI is InChI=1S/C19H22ClNO2/c1-2-3-4-9-14-23-18-13-8-5-10-15(18)19(22)21-17-12-7-6-11-16(17)20/h5-8,10-13H,2-4,9,14H2,1H3,(H,21,22). The van der Waals surface area contributed by atoms with E-state index in [9.17, 15) is 4.79 Å². The van der Waals surface area contributed by atoms with Gasteiger partial charge in [0.05, 0.1) is 22.9 Å². The summed E-state index contributed by atoms with van der Waals surface area (Å²) in [4.78, 5) is 12.5. The Morgan fingerprint density at radius 1 is 1.04 bits per heavy atom. The van der Waals surface area contributed by atoms with E-state index >= 15 is 0 Å². The van der Waals surface area contributed by atoms with Crippen LogP contribution in [0.25, 0.3) is 0 Å². The molecule has 0 bridgehead atoms. The Morgan fingerprint density at radius 2 is 1.78 bits per heavy atom. The number of hydrogen-bond donors (Lipinski definition) is 1. The van der Waals surface area contributed by atoms with Crippen LogP contribution >= 0.6 is 11.6 Å². The fourth-order valence-corrected chi connectivity index (χ4v) is 2.43. The van der Waals surface area contributed by atoms with Crippen molar-refractivity contribution in [1.82, 2.24) is 0 Å². The average Bonchev–Trinajstić information content (AvgIpc) is 2.57. The number of nitrogens with one attached hydrogen (secondary N) is 1. The lowest BCUT2D eigenvalue weighted by Crippen LogP contribution is -2.14. The largest absolute Gasteiger partial charge is 0.493 e. The van der Waals surface area contributed by atoms with Gasteiger partial charge in [0, 0.05) is 0 Å². The number of halogens is 1. The average molecular weight is 332 g/mol. The first-order valence-electron chi connectivity index (χ1n) is 8.00. The second-order valence-electron chi connectivity index (χ2n) is 5.34. The predicted octanol–water partition coefficient (Wildman–Crippen LogP) is 5.55. The summed E-state index contributed by atoms with van der Waals surface area (Å²) >= 11 is 6.08. The molecule has 0 saturated heterocycles. The minimum atomic E-state index is -0.220. The third kappa shape index (κ3) is 5.29. The van der Waals surface area contributed by atoms with Gasteiger partial charge in [-0.15, -0.1) is 0 Å². The first kappa shape index (κ1) is 17.4. The van der Waals surface area contributed by atoms with E-state index in [2.05, 4.69) is 12.2 Å². The molecule has 0 unspecified atom stereocenters. The summed E-state index contributed by atoms with van der Waals surface area (Å²) in [5.74, 6) is 0.385. The molecule has 0 spiro atoms. The number of unbranched alkanes of at least 4 members (excludes halogenated alkanes) is 3. The highest BCUT2D eigenvalue weighted by Gasteiger charge is 2.13. The molecule has 0 aliphatic heterocycles. The molecule has 0 fully saturated rings. The highest BCUT2D eigenvalue weighted by atomic mass is 35.5. The molecule has 0 aliphatic carbocycles. The van der Waals surface area contributed by atoms with Crippen LogP contribution in [0.2, 0.25) is 5.02 Å². The van der Waals surface area contributed by atoms with E-state index in [1.54, 1.807) is 18.2 Å². The van der Waals surface area contributed by atoms with Gasteiger partial charge in [-0.05, 0) is 30.7 Å². The quantitative estimate of drug-likeness (QED) is 0.644. The molecule has 0 heterocycles. The summed E-state index contributed by atoms with van der Waals surface area (Å²) in [6, 6.07) is 14.4. The summed E-state index contributed by atoms with van der Waals surface area (Å²) < 4.78 is 5.78.